The largest absolute Gasteiger partial charge is 0.388 e. The van der Waals surface area contributed by atoms with Crippen molar-refractivity contribution >= 4 is 11.5 Å². The van der Waals surface area contributed by atoms with Gasteiger partial charge in [-0.2, -0.15) is 5.10 Å². The molecule has 1 aromatic heterocycles. The molecular formula is C15H20N4. The second kappa shape index (κ2) is 4.61. The zero-order valence-electron chi connectivity index (χ0n) is 11.5. The number of nitrogen functional groups attached to an aromatic ring is 1. The van der Waals surface area contributed by atoms with Crippen LogP contribution in [-0.4, -0.2) is 16.8 Å². The first-order chi connectivity index (χ1) is 9.19. The summed E-state index contributed by atoms with van der Waals surface area (Å²) in [5.74, 6) is 1.58. The van der Waals surface area contributed by atoms with Crippen LogP contribution in [0.2, 0.25) is 0 Å². The highest BCUT2D eigenvalue weighted by atomic mass is 15.3. The number of benzene rings is 1. The van der Waals surface area contributed by atoms with Crippen molar-refractivity contribution in [1.82, 2.24) is 9.78 Å². The fourth-order valence-corrected chi connectivity index (χ4v) is 2.32. The Bertz CT molecular complexity index is 579. The quantitative estimate of drug-likeness (QED) is 0.884. The van der Waals surface area contributed by atoms with Crippen LogP contribution < -0.4 is 11.1 Å². The van der Waals surface area contributed by atoms with Crippen molar-refractivity contribution in [3.63, 3.8) is 0 Å². The lowest BCUT2D eigenvalue weighted by Crippen LogP contribution is -2.06. The molecule has 0 bridgehead atoms. The molecule has 0 aliphatic heterocycles. The summed E-state index contributed by atoms with van der Waals surface area (Å²) in [6.45, 7) is 3.01. The summed E-state index contributed by atoms with van der Waals surface area (Å²) >= 11 is 0. The number of nitrogens with one attached hydrogen (secondary N) is 1. The molecule has 1 aromatic carbocycles. The van der Waals surface area contributed by atoms with E-state index in [1.165, 1.54) is 12.8 Å². The second-order valence-electron chi connectivity index (χ2n) is 5.31. The van der Waals surface area contributed by atoms with Crippen molar-refractivity contribution in [2.45, 2.75) is 26.3 Å². The molecule has 4 heteroatoms. The first-order valence-electron chi connectivity index (χ1n) is 6.80. The number of rotatable bonds is 4. The molecule has 3 rings (SSSR count). The van der Waals surface area contributed by atoms with Crippen molar-refractivity contribution in [2.75, 3.05) is 18.1 Å². The van der Waals surface area contributed by atoms with Gasteiger partial charge in [-0.15, -0.1) is 0 Å². The van der Waals surface area contributed by atoms with Gasteiger partial charge in [-0.3, -0.25) is 0 Å². The van der Waals surface area contributed by atoms with E-state index < -0.39 is 0 Å². The number of nitrogens with two attached hydrogens (primary N) is 1. The topological polar surface area (TPSA) is 55.9 Å². The molecular weight excluding hydrogens is 236 g/mol. The molecule has 3 N–H and O–H groups in total. The van der Waals surface area contributed by atoms with Gasteiger partial charge in [0.25, 0.3) is 0 Å². The Hall–Kier alpha value is -1.97. The maximum absolute atomic E-state index is 6.16. The van der Waals surface area contributed by atoms with Gasteiger partial charge >= 0.3 is 0 Å². The van der Waals surface area contributed by atoms with Gasteiger partial charge in [0.15, 0.2) is 0 Å². The van der Waals surface area contributed by atoms with E-state index in [0.717, 1.165) is 40.8 Å². The molecule has 19 heavy (non-hydrogen) atoms. The van der Waals surface area contributed by atoms with Crippen LogP contribution in [0.1, 0.15) is 18.4 Å². The van der Waals surface area contributed by atoms with E-state index >= 15 is 0 Å². The normalized spacial score (nSPS) is 14.6. The van der Waals surface area contributed by atoms with Crippen LogP contribution in [0.5, 0.6) is 0 Å². The Labute approximate surface area is 113 Å². The van der Waals surface area contributed by atoms with Crippen molar-refractivity contribution in [2.24, 2.45) is 5.92 Å². The molecule has 1 heterocycles. The third kappa shape index (κ3) is 2.30. The van der Waals surface area contributed by atoms with Crippen LogP contribution in [0.15, 0.2) is 24.3 Å². The summed E-state index contributed by atoms with van der Waals surface area (Å²) < 4.78 is 1.97. The number of anilines is 2. The van der Waals surface area contributed by atoms with Gasteiger partial charge in [0.2, 0.25) is 0 Å². The van der Waals surface area contributed by atoms with Crippen LogP contribution in [0.3, 0.4) is 0 Å². The molecule has 2 aromatic rings. The Morgan fingerprint density at radius 2 is 2.00 bits per heavy atom. The van der Waals surface area contributed by atoms with Gasteiger partial charge < -0.3 is 11.1 Å². The predicted molar refractivity (Wildman–Crippen MR) is 79.1 cm³/mol. The minimum absolute atomic E-state index is 0.779. The SMILES string of the molecule is CNc1ccc(-c2nn(CC3CC3)c(N)c2C)cc1. The van der Waals surface area contributed by atoms with E-state index in [9.17, 15) is 0 Å². The van der Waals surface area contributed by atoms with Gasteiger partial charge in [-0.1, -0.05) is 12.1 Å². The summed E-state index contributed by atoms with van der Waals surface area (Å²) in [5.41, 5.74) is 10.5. The second-order valence-corrected chi connectivity index (χ2v) is 5.31. The fraction of sp³-hybridized carbons (Fsp3) is 0.400. The molecule has 1 fully saturated rings. The van der Waals surface area contributed by atoms with Crippen LogP contribution in [-0.2, 0) is 6.54 Å². The summed E-state index contributed by atoms with van der Waals surface area (Å²) in [5, 5.41) is 7.81. The molecule has 0 radical (unpaired) electrons. The van der Waals surface area contributed by atoms with E-state index in [1.807, 2.05) is 18.7 Å². The van der Waals surface area contributed by atoms with Crippen LogP contribution >= 0.6 is 0 Å². The zero-order valence-corrected chi connectivity index (χ0v) is 11.5. The smallest absolute Gasteiger partial charge is 0.125 e. The molecule has 0 amide bonds. The van der Waals surface area contributed by atoms with Gasteiger partial charge in [0, 0.05) is 30.4 Å². The lowest BCUT2D eigenvalue weighted by Gasteiger charge is -2.02. The third-order valence-electron chi connectivity index (χ3n) is 3.81. The number of hydrogen-bond donors (Lipinski definition) is 2. The standard InChI is InChI=1S/C15H20N4/c1-10-14(12-5-7-13(17-2)8-6-12)18-19(15(10)16)9-11-3-4-11/h5-8,11,17H,3-4,9,16H2,1-2H3. The van der Waals surface area contributed by atoms with Gasteiger partial charge in [-0.05, 0) is 37.8 Å². The first-order valence-corrected chi connectivity index (χ1v) is 6.80. The molecule has 1 saturated carbocycles. The Morgan fingerprint density at radius 3 is 2.58 bits per heavy atom. The molecule has 0 saturated heterocycles. The summed E-state index contributed by atoms with van der Waals surface area (Å²) in [4.78, 5) is 0. The average Bonchev–Trinajstić information content (AvgIpc) is 3.21. The predicted octanol–water partition coefficient (Wildman–Crippen LogP) is 2.89. The molecule has 4 nitrogen and oxygen atoms in total. The van der Waals surface area contributed by atoms with Gasteiger partial charge in [0.1, 0.15) is 5.82 Å². The minimum atomic E-state index is 0.779. The van der Waals surface area contributed by atoms with Crippen LogP contribution in [0.4, 0.5) is 11.5 Å². The Balaban J connectivity index is 1.94. The number of nitrogens with zero attached hydrogens (tertiary/aromatic N) is 2. The maximum Gasteiger partial charge on any atom is 0.125 e. The van der Waals surface area contributed by atoms with Crippen molar-refractivity contribution in [3.8, 4) is 11.3 Å². The zero-order chi connectivity index (χ0) is 13.4. The van der Waals surface area contributed by atoms with E-state index in [2.05, 4.69) is 34.7 Å². The van der Waals surface area contributed by atoms with Crippen molar-refractivity contribution < 1.29 is 0 Å². The molecule has 1 aliphatic rings. The summed E-state index contributed by atoms with van der Waals surface area (Å²) in [6, 6.07) is 8.29. The van der Waals surface area contributed by atoms with E-state index in [4.69, 9.17) is 5.73 Å². The molecule has 0 unspecified atom stereocenters. The number of hydrogen-bond acceptors (Lipinski definition) is 3. The molecule has 1 aliphatic carbocycles. The lowest BCUT2D eigenvalue weighted by atomic mass is 10.1. The van der Waals surface area contributed by atoms with E-state index in [0.29, 0.717) is 0 Å². The first kappa shape index (κ1) is 12.1. The number of aromatic nitrogens is 2. The van der Waals surface area contributed by atoms with E-state index in [-0.39, 0.29) is 0 Å². The summed E-state index contributed by atoms with van der Waals surface area (Å²) in [6.07, 6.45) is 2.62. The van der Waals surface area contributed by atoms with Crippen molar-refractivity contribution in [3.05, 3.63) is 29.8 Å². The van der Waals surface area contributed by atoms with Crippen molar-refractivity contribution in [1.29, 1.82) is 0 Å². The third-order valence-corrected chi connectivity index (χ3v) is 3.81. The summed E-state index contributed by atoms with van der Waals surface area (Å²) in [7, 11) is 1.92. The van der Waals surface area contributed by atoms with Crippen LogP contribution in [0.25, 0.3) is 11.3 Å². The van der Waals surface area contributed by atoms with Gasteiger partial charge in [-0.25, -0.2) is 4.68 Å². The molecule has 0 atom stereocenters. The highest BCUT2D eigenvalue weighted by Crippen LogP contribution is 2.33. The average molecular weight is 256 g/mol. The van der Waals surface area contributed by atoms with Gasteiger partial charge in [0.05, 0.1) is 5.69 Å². The van der Waals surface area contributed by atoms with E-state index in [1.54, 1.807) is 0 Å². The maximum atomic E-state index is 6.16. The van der Waals surface area contributed by atoms with Crippen LogP contribution in [0, 0.1) is 12.8 Å². The molecule has 0 spiro atoms. The highest BCUT2D eigenvalue weighted by molar-refractivity contribution is 5.69. The highest BCUT2D eigenvalue weighted by Gasteiger charge is 2.24. The minimum Gasteiger partial charge on any atom is -0.388 e. The molecule has 100 valence electrons. The monoisotopic (exact) mass is 256 g/mol. The Morgan fingerprint density at radius 1 is 1.32 bits per heavy atom. The fourth-order valence-electron chi connectivity index (χ4n) is 2.32. The lowest BCUT2D eigenvalue weighted by molar-refractivity contribution is 0.572. The Kier molecular flexibility index (Phi) is 2.93.